The number of aliphatic hydroxyl groups is 5. The lowest BCUT2D eigenvalue weighted by molar-refractivity contribution is -0.302. The van der Waals surface area contributed by atoms with Gasteiger partial charge in [-0.3, -0.25) is 4.79 Å². The van der Waals surface area contributed by atoms with E-state index in [9.17, 15) is 30.3 Å². The summed E-state index contributed by atoms with van der Waals surface area (Å²) in [7, 11) is 0. The van der Waals surface area contributed by atoms with Gasteiger partial charge in [0.15, 0.2) is 6.29 Å². The molecular formula is C70H129NO8. The minimum absolute atomic E-state index is 0.192. The highest BCUT2D eigenvalue weighted by atomic mass is 16.7. The summed E-state index contributed by atoms with van der Waals surface area (Å²) in [6.07, 6.45) is 74.7. The van der Waals surface area contributed by atoms with Gasteiger partial charge in [0.05, 0.1) is 25.4 Å². The Balaban J connectivity index is 2.17. The first kappa shape index (κ1) is 74.9. The van der Waals surface area contributed by atoms with Crippen molar-refractivity contribution in [1.29, 1.82) is 0 Å². The highest BCUT2D eigenvalue weighted by Gasteiger charge is 2.44. The fraction of sp³-hybridized carbons (Fsp3) is 0.843. The molecule has 7 unspecified atom stereocenters. The highest BCUT2D eigenvalue weighted by Crippen LogP contribution is 2.23. The number of hydrogen-bond donors (Lipinski definition) is 6. The molecule has 0 aromatic carbocycles. The van der Waals surface area contributed by atoms with Gasteiger partial charge in [-0.25, -0.2) is 0 Å². The van der Waals surface area contributed by atoms with E-state index in [0.29, 0.717) is 6.42 Å². The molecule has 1 aliphatic rings. The summed E-state index contributed by atoms with van der Waals surface area (Å²) in [5, 5.41) is 54.7. The molecule has 0 aromatic rings. The van der Waals surface area contributed by atoms with E-state index in [2.05, 4.69) is 67.8 Å². The summed E-state index contributed by atoms with van der Waals surface area (Å²) in [6.45, 7) is 3.78. The van der Waals surface area contributed by atoms with E-state index < -0.39 is 49.5 Å². The van der Waals surface area contributed by atoms with Gasteiger partial charge in [0.2, 0.25) is 5.91 Å². The van der Waals surface area contributed by atoms with Crippen LogP contribution in [0.5, 0.6) is 0 Å². The molecule has 0 bridgehead atoms. The Hall–Kier alpha value is -2.11. The van der Waals surface area contributed by atoms with Crippen molar-refractivity contribution in [2.75, 3.05) is 13.2 Å². The van der Waals surface area contributed by atoms with Crippen molar-refractivity contribution in [1.82, 2.24) is 5.32 Å². The lowest BCUT2D eigenvalue weighted by Gasteiger charge is -2.40. The zero-order valence-corrected chi connectivity index (χ0v) is 51.6. The van der Waals surface area contributed by atoms with E-state index in [-0.39, 0.29) is 12.5 Å². The molecule has 7 atom stereocenters. The number of rotatable bonds is 59. The van der Waals surface area contributed by atoms with Crippen molar-refractivity contribution >= 4 is 5.91 Å². The van der Waals surface area contributed by atoms with E-state index in [4.69, 9.17) is 9.47 Å². The van der Waals surface area contributed by atoms with Crippen LogP contribution in [0.2, 0.25) is 0 Å². The highest BCUT2D eigenvalue weighted by molar-refractivity contribution is 5.76. The molecule has 0 aliphatic carbocycles. The van der Waals surface area contributed by atoms with E-state index in [1.165, 1.54) is 238 Å². The number of carbonyl (C=O) groups is 1. The number of ether oxygens (including phenoxy) is 2. The second-order valence-corrected chi connectivity index (χ2v) is 23.6. The number of aliphatic hydroxyl groups excluding tert-OH is 5. The largest absolute Gasteiger partial charge is 0.394 e. The average Bonchev–Trinajstić information content (AvgIpc) is 3.47. The number of carbonyl (C=O) groups excluding carboxylic acids is 1. The molecule has 9 nitrogen and oxygen atoms in total. The molecule has 9 heteroatoms. The van der Waals surface area contributed by atoms with Crippen LogP contribution in [0.1, 0.15) is 322 Å². The van der Waals surface area contributed by atoms with Gasteiger partial charge in [0.1, 0.15) is 24.4 Å². The van der Waals surface area contributed by atoms with Gasteiger partial charge in [-0.1, -0.05) is 306 Å². The maximum Gasteiger partial charge on any atom is 0.220 e. The predicted molar refractivity (Wildman–Crippen MR) is 336 cm³/mol. The Morgan fingerprint density at radius 1 is 0.430 bits per heavy atom. The first-order chi connectivity index (χ1) is 38.8. The zero-order valence-electron chi connectivity index (χ0n) is 51.6. The van der Waals surface area contributed by atoms with Gasteiger partial charge in [-0.2, -0.15) is 0 Å². The van der Waals surface area contributed by atoms with Crippen molar-refractivity contribution in [3.05, 3.63) is 60.8 Å². The topological polar surface area (TPSA) is 149 Å². The van der Waals surface area contributed by atoms with E-state index in [1.54, 1.807) is 6.08 Å². The minimum atomic E-state index is -1.58. The number of hydrogen-bond acceptors (Lipinski definition) is 8. The van der Waals surface area contributed by atoms with Gasteiger partial charge in [0.25, 0.3) is 0 Å². The van der Waals surface area contributed by atoms with Crippen LogP contribution in [-0.4, -0.2) is 87.5 Å². The van der Waals surface area contributed by atoms with E-state index in [1.807, 2.05) is 6.08 Å². The van der Waals surface area contributed by atoms with Gasteiger partial charge < -0.3 is 40.3 Å². The summed E-state index contributed by atoms with van der Waals surface area (Å²) >= 11 is 0. The van der Waals surface area contributed by atoms with E-state index in [0.717, 1.165) is 64.2 Å². The number of nitrogens with one attached hydrogen (secondary N) is 1. The van der Waals surface area contributed by atoms with Crippen LogP contribution in [0, 0.1) is 0 Å². The Kier molecular flexibility index (Phi) is 56.0. The lowest BCUT2D eigenvalue weighted by atomic mass is 9.99. The van der Waals surface area contributed by atoms with Crippen molar-refractivity contribution in [3.63, 3.8) is 0 Å². The van der Waals surface area contributed by atoms with Crippen LogP contribution >= 0.6 is 0 Å². The molecule has 6 N–H and O–H groups in total. The third kappa shape index (κ3) is 48.0. The number of amides is 1. The monoisotopic (exact) mass is 1110 g/mol. The van der Waals surface area contributed by atoms with Crippen LogP contribution in [0.15, 0.2) is 60.8 Å². The Bertz CT molecular complexity index is 1430. The Labute approximate surface area is 487 Å². The van der Waals surface area contributed by atoms with Gasteiger partial charge in [-0.15, -0.1) is 0 Å². The van der Waals surface area contributed by atoms with Crippen LogP contribution in [0.4, 0.5) is 0 Å². The van der Waals surface area contributed by atoms with Gasteiger partial charge in [-0.05, 0) is 70.6 Å². The molecule has 462 valence electrons. The summed E-state index contributed by atoms with van der Waals surface area (Å²) < 4.78 is 11.3. The second-order valence-electron chi connectivity index (χ2n) is 23.6. The van der Waals surface area contributed by atoms with Crippen LogP contribution in [0.3, 0.4) is 0 Å². The summed E-state index contributed by atoms with van der Waals surface area (Å²) in [6, 6.07) is -0.830. The summed E-state index contributed by atoms with van der Waals surface area (Å²) in [5.74, 6) is -0.192. The third-order valence-electron chi connectivity index (χ3n) is 16.1. The minimum Gasteiger partial charge on any atom is -0.394 e. The van der Waals surface area contributed by atoms with Gasteiger partial charge >= 0.3 is 0 Å². The molecule has 0 radical (unpaired) electrons. The van der Waals surface area contributed by atoms with Crippen LogP contribution in [-0.2, 0) is 14.3 Å². The molecule has 0 spiro atoms. The standard InChI is InChI=1S/C70H129NO8/c1-3-5-7-9-11-13-15-17-19-21-23-25-27-28-29-30-31-32-33-34-35-36-38-39-41-43-45-47-49-51-53-55-57-59-64(73)63(62-78-70-69(77)68(76)67(75)65(61-72)79-70)71-66(74)60-58-56-54-52-50-48-46-44-42-40-37-26-24-22-20-18-16-14-12-10-8-6-4-2/h16,18,22,24,37,40,49,51,57,59,63-65,67-70,72-73,75-77H,3-15,17,19-21,23,25-36,38-39,41-48,50,52-56,58,60-62H2,1-2H3,(H,71,74)/b18-16-,24-22-,40-37-,51-49+,59-57+. The van der Waals surface area contributed by atoms with Crippen molar-refractivity contribution in [2.24, 2.45) is 0 Å². The predicted octanol–water partition coefficient (Wildman–Crippen LogP) is 18.2. The van der Waals surface area contributed by atoms with Crippen LogP contribution in [0.25, 0.3) is 0 Å². The fourth-order valence-corrected chi connectivity index (χ4v) is 10.7. The first-order valence-electron chi connectivity index (χ1n) is 34.0. The first-order valence-corrected chi connectivity index (χ1v) is 34.0. The smallest absolute Gasteiger partial charge is 0.220 e. The zero-order chi connectivity index (χ0) is 57.2. The molecule has 1 aliphatic heterocycles. The average molecular weight is 1110 g/mol. The molecule has 0 aromatic heterocycles. The molecule has 0 saturated carbocycles. The molecule has 1 fully saturated rings. The molecular weight excluding hydrogens is 983 g/mol. The van der Waals surface area contributed by atoms with Crippen molar-refractivity contribution < 1.29 is 39.8 Å². The molecule has 1 amide bonds. The quantitative estimate of drug-likeness (QED) is 0.0261. The molecule has 1 saturated heterocycles. The number of allylic oxidation sites excluding steroid dienone is 9. The normalized spacial score (nSPS) is 18.9. The maximum atomic E-state index is 13.1. The molecule has 1 heterocycles. The van der Waals surface area contributed by atoms with Gasteiger partial charge in [0, 0.05) is 6.42 Å². The third-order valence-corrected chi connectivity index (χ3v) is 16.1. The lowest BCUT2D eigenvalue weighted by Crippen LogP contribution is -2.60. The molecule has 79 heavy (non-hydrogen) atoms. The second kappa shape index (κ2) is 59.1. The Morgan fingerprint density at radius 2 is 0.759 bits per heavy atom. The SMILES string of the molecule is CCCCCCC/C=C\C/C=C\C/C=C\CCCCCCCCCCC(=O)NC(COC1OC(CO)C(O)C(O)C1O)C(O)/C=C/CC/C=C/CCCCCCCCCCCCCCCCCCCCCCCCCCCCC. The van der Waals surface area contributed by atoms with Crippen molar-refractivity contribution in [2.45, 2.75) is 365 Å². The maximum absolute atomic E-state index is 13.1. The fourth-order valence-electron chi connectivity index (χ4n) is 10.7. The Morgan fingerprint density at radius 3 is 1.15 bits per heavy atom. The van der Waals surface area contributed by atoms with Crippen LogP contribution < -0.4 is 5.32 Å². The summed E-state index contributed by atoms with van der Waals surface area (Å²) in [4.78, 5) is 13.1. The van der Waals surface area contributed by atoms with E-state index >= 15 is 0 Å². The number of unbranched alkanes of at least 4 members (excludes halogenated alkanes) is 41. The summed E-state index contributed by atoms with van der Waals surface area (Å²) in [5.41, 5.74) is 0. The molecule has 1 rings (SSSR count). The van der Waals surface area contributed by atoms with Crippen molar-refractivity contribution in [3.8, 4) is 0 Å².